The van der Waals surface area contributed by atoms with Crippen LogP contribution in [0, 0.1) is 0 Å². The van der Waals surface area contributed by atoms with Gasteiger partial charge in [-0.15, -0.1) is 0 Å². The molecule has 1 fully saturated rings. The van der Waals surface area contributed by atoms with Gasteiger partial charge in [0.1, 0.15) is 0 Å². The predicted molar refractivity (Wildman–Crippen MR) is 72.0 cm³/mol. The number of hydrogen-bond donors (Lipinski definition) is 1. The van der Waals surface area contributed by atoms with E-state index < -0.39 is 11.9 Å². The van der Waals surface area contributed by atoms with Gasteiger partial charge in [-0.3, -0.25) is 4.79 Å². The first kappa shape index (κ1) is 13.1. The summed E-state index contributed by atoms with van der Waals surface area (Å²) < 4.78 is 0. The summed E-state index contributed by atoms with van der Waals surface area (Å²) in [6, 6.07) is 8.13. The molecule has 3 heteroatoms. The van der Waals surface area contributed by atoms with E-state index in [1.165, 1.54) is 18.4 Å². The third-order valence-corrected chi connectivity index (χ3v) is 4.00. The Kier molecular flexibility index (Phi) is 4.02. The molecular formula is C15H21NO2. The second-order valence-corrected chi connectivity index (χ2v) is 5.30. The molecule has 1 heterocycles. The SMILES string of the molecule is CC(C(=O)O)c1ccc(C2CCN(C)CC2)cc1. The summed E-state index contributed by atoms with van der Waals surface area (Å²) >= 11 is 0. The van der Waals surface area contributed by atoms with Gasteiger partial charge in [0.25, 0.3) is 0 Å². The van der Waals surface area contributed by atoms with E-state index in [1.807, 2.05) is 12.1 Å². The Labute approximate surface area is 108 Å². The summed E-state index contributed by atoms with van der Waals surface area (Å²) in [5, 5.41) is 8.98. The minimum absolute atomic E-state index is 0.420. The smallest absolute Gasteiger partial charge is 0.310 e. The number of benzene rings is 1. The number of piperidine rings is 1. The average Bonchev–Trinajstić information content (AvgIpc) is 2.39. The van der Waals surface area contributed by atoms with Gasteiger partial charge in [-0.1, -0.05) is 24.3 Å². The third kappa shape index (κ3) is 2.91. The molecule has 1 unspecified atom stereocenters. The minimum atomic E-state index is -0.762. The molecule has 1 N–H and O–H groups in total. The highest BCUT2D eigenvalue weighted by atomic mass is 16.4. The number of carbonyl (C=O) groups is 1. The van der Waals surface area contributed by atoms with E-state index in [9.17, 15) is 4.79 Å². The van der Waals surface area contributed by atoms with Gasteiger partial charge in [0, 0.05) is 0 Å². The van der Waals surface area contributed by atoms with Gasteiger partial charge < -0.3 is 10.0 Å². The van der Waals surface area contributed by atoms with Crippen molar-refractivity contribution in [3.8, 4) is 0 Å². The van der Waals surface area contributed by atoms with E-state index in [4.69, 9.17) is 5.11 Å². The lowest BCUT2D eigenvalue weighted by Gasteiger charge is -2.29. The fraction of sp³-hybridized carbons (Fsp3) is 0.533. The van der Waals surface area contributed by atoms with Gasteiger partial charge in [0.2, 0.25) is 0 Å². The van der Waals surface area contributed by atoms with Crippen molar-refractivity contribution in [2.24, 2.45) is 0 Å². The van der Waals surface area contributed by atoms with E-state index in [2.05, 4.69) is 24.1 Å². The summed E-state index contributed by atoms with van der Waals surface area (Å²) in [6.45, 7) is 4.03. The van der Waals surface area contributed by atoms with Gasteiger partial charge >= 0.3 is 5.97 Å². The highest BCUT2D eigenvalue weighted by Crippen LogP contribution is 2.28. The lowest BCUT2D eigenvalue weighted by atomic mass is 9.88. The Hall–Kier alpha value is -1.35. The van der Waals surface area contributed by atoms with Crippen LogP contribution in [-0.2, 0) is 4.79 Å². The standard InChI is InChI=1S/C15H21NO2/c1-11(15(17)18)12-3-5-13(6-4-12)14-7-9-16(2)10-8-14/h3-6,11,14H,7-10H2,1-2H3,(H,17,18). The molecule has 1 aromatic rings. The van der Waals surface area contributed by atoms with Crippen LogP contribution in [0.2, 0.25) is 0 Å². The molecule has 1 saturated heterocycles. The van der Waals surface area contributed by atoms with Gasteiger partial charge in [-0.2, -0.15) is 0 Å². The Morgan fingerprint density at radius 1 is 1.28 bits per heavy atom. The van der Waals surface area contributed by atoms with Crippen LogP contribution in [-0.4, -0.2) is 36.1 Å². The van der Waals surface area contributed by atoms with Gasteiger partial charge in [-0.25, -0.2) is 0 Å². The third-order valence-electron chi connectivity index (χ3n) is 4.00. The number of aliphatic carboxylic acids is 1. The monoisotopic (exact) mass is 247 g/mol. The highest BCUT2D eigenvalue weighted by molar-refractivity contribution is 5.75. The van der Waals surface area contributed by atoms with Crippen LogP contribution in [0.25, 0.3) is 0 Å². The Morgan fingerprint density at radius 2 is 1.83 bits per heavy atom. The van der Waals surface area contributed by atoms with Crippen molar-refractivity contribution < 1.29 is 9.90 Å². The van der Waals surface area contributed by atoms with Gasteiger partial charge in [-0.05, 0) is 56.9 Å². The second kappa shape index (κ2) is 5.53. The molecular weight excluding hydrogens is 226 g/mol. The van der Waals surface area contributed by atoms with Crippen molar-refractivity contribution in [1.82, 2.24) is 4.90 Å². The summed E-state index contributed by atoms with van der Waals surface area (Å²) in [5.41, 5.74) is 2.24. The molecule has 18 heavy (non-hydrogen) atoms. The Morgan fingerprint density at radius 3 is 2.33 bits per heavy atom. The fourth-order valence-electron chi connectivity index (χ4n) is 2.54. The molecule has 1 aliphatic heterocycles. The van der Waals surface area contributed by atoms with E-state index in [1.54, 1.807) is 6.92 Å². The second-order valence-electron chi connectivity index (χ2n) is 5.30. The average molecular weight is 247 g/mol. The Bertz CT molecular complexity index is 405. The largest absolute Gasteiger partial charge is 0.481 e. The number of carboxylic acids is 1. The summed E-state index contributed by atoms with van der Waals surface area (Å²) in [5.74, 6) is -0.547. The van der Waals surface area contributed by atoms with Gasteiger partial charge in [0.05, 0.1) is 5.92 Å². The molecule has 98 valence electrons. The quantitative estimate of drug-likeness (QED) is 0.892. The predicted octanol–water partition coefficient (Wildman–Crippen LogP) is 2.68. The highest BCUT2D eigenvalue weighted by Gasteiger charge is 2.19. The number of nitrogens with zero attached hydrogens (tertiary/aromatic N) is 1. The fourth-order valence-corrected chi connectivity index (χ4v) is 2.54. The van der Waals surface area contributed by atoms with Crippen molar-refractivity contribution in [1.29, 1.82) is 0 Å². The lowest BCUT2D eigenvalue weighted by molar-refractivity contribution is -0.138. The normalized spacial score (nSPS) is 19.7. The molecule has 0 amide bonds. The molecule has 2 rings (SSSR count). The molecule has 0 bridgehead atoms. The topological polar surface area (TPSA) is 40.5 Å². The first-order valence-electron chi connectivity index (χ1n) is 6.59. The number of carboxylic acid groups (broad SMARTS) is 1. The molecule has 0 spiro atoms. The molecule has 1 aliphatic rings. The van der Waals surface area contributed by atoms with Crippen LogP contribution in [0.5, 0.6) is 0 Å². The van der Waals surface area contributed by atoms with Crippen molar-refractivity contribution >= 4 is 5.97 Å². The zero-order valence-electron chi connectivity index (χ0n) is 11.1. The maximum Gasteiger partial charge on any atom is 0.310 e. The zero-order chi connectivity index (χ0) is 13.1. The number of hydrogen-bond acceptors (Lipinski definition) is 2. The van der Waals surface area contributed by atoms with Crippen molar-refractivity contribution in [3.63, 3.8) is 0 Å². The molecule has 0 radical (unpaired) electrons. The summed E-state index contributed by atoms with van der Waals surface area (Å²) in [7, 11) is 2.16. The number of likely N-dealkylation sites (tertiary alicyclic amines) is 1. The molecule has 0 saturated carbocycles. The maximum atomic E-state index is 10.9. The molecule has 1 atom stereocenters. The minimum Gasteiger partial charge on any atom is -0.481 e. The number of rotatable bonds is 3. The summed E-state index contributed by atoms with van der Waals surface area (Å²) in [6.07, 6.45) is 2.40. The first-order valence-corrected chi connectivity index (χ1v) is 6.59. The van der Waals surface area contributed by atoms with E-state index >= 15 is 0 Å². The zero-order valence-corrected chi connectivity index (χ0v) is 11.1. The van der Waals surface area contributed by atoms with Crippen LogP contribution in [0.1, 0.15) is 42.7 Å². The van der Waals surface area contributed by atoms with E-state index in [-0.39, 0.29) is 0 Å². The van der Waals surface area contributed by atoms with Crippen molar-refractivity contribution in [2.75, 3.05) is 20.1 Å². The van der Waals surface area contributed by atoms with Crippen LogP contribution in [0.3, 0.4) is 0 Å². The first-order chi connectivity index (χ1) is 8.58. The summed E-state index contributed by atoms with van der Waals surface area (Å²) in [4.78, 5) is 13.3. The van der Waals surface area contributed by atoms with Crippen LogP contribution in [0.4, 0.5) is 0 Å². The molecule has 0 aliphatic carbocycles. The Balaban J connectivity index is 2.06. The van der Waals surface area contributed by atoms with Crippen molar-refractivity contribution in [3.05, 3.63) is 35.4 Å². The van der Waals surface area contributed by atoms with Crippen molar-refractivity contribution in [2.45, 2.75) is 31.6 Å². The maximum absolute atomic E-state index is 10.9. The van der Waals surface area contributed by atoms with Crippen LogP contribution in [0.15, 0.2) is 24.3 Å². The molecule has 1 aromatic carbocycles. The van der Waals surface area contributed by atoms with E-state index in [0.717, 1.165) is 18.7 Å². The van der Waals surface area contributed by atoms with Crippen LogP contribution < -0.4 is 0 Å². The molecule has 3 nitrogen and oxygen atoms in total. The van der Waals surface area contributed by atoms with E-state index in [0.29, 0.717) is 5.92 Å². The van der Waals surface area contributed by atoms with Gasteiger partial charge in [0.15, 0.2) is 0 Å². The lowest BCUT2D eigenvalue weighted by Crippen LogP contribution is -2.29. The van der Waals surface area contributed by atoms with Crippen LogP contribution >= 0.6 is 0 Å². The molecule has 0 aromatic heterocycles.